The van der Waals surface area contributed by atoms with Gasteiger partial charge in [-0.2, -0.15) is 5.10 Å². The lowest BCUT2D eigenvalue weighted by molar-refractivity contribution is -0.135. The standard InChI is InChI=1S/C20H25N3O2/c24-19-9-10-22(13-17(19)12-15-4-2-1-3-5-15)20(25)14-23-11-8-18(21-23)16-6-7-16/h1-5,8,11,16-17,19,24H,6-7,9-10,12-14H2/t17-,19+/m1/s1. The summed E-state index contributed by atoms with van der Waals surface area (Å²) < 4.78 is 1.76. The van der Waals surface area contributed by atoms with Gasteiger partial charge in [0.2, 0.25) is 5.91 Å². The van der Waals surface area contributed by atoms with Gasteiger partial charge in [0.15, 0.2) is 0 Å². The molecule has 1 N–H and O–H groups in total. The van der Waals surface area contributed by atoms with Crippen LogP contribution in [-0.4, -0.2) is 44.9 Å². The van der Waals surface area contributed by atoms with Crippen molar-refractivity contribution in [3.05, 3.63) is 53.9 Å². The Hall–Kier alpha value is -2.14. The fourth-order valence-corrected chi connectivity index (χ4v) is 3.66. The third-order valence-corrected chi connectivity index (χ3v) is 5.34. The predicted octanol–water partition coefficient (Wildman–Crippen LogP) is 2.21. The van der Waals surface area contributed by atoms with E-state index in [-0.39, 0.29) is 17.9 Å². The number of hydrogen-bond donors (Lipinski definition) is 1. The highest BCUT2D eigenvalue weighted by Gasteiger charge is 2.31. The molecule has 2 heterocycles. The Balaban J connectivity index is 1.36. The summed E-state index contributed by atoms with van der Waals surface area (Å²) in [6.45, 7) is 1.54. The molecule has 0 unspecified atom stereocenters. The van der Waals surface area contributed by atoms with Crippen molar-refractivity contribution in [2.24, 2.45) is 5.92 Å². The van der Waals surface area contributed by atoms with Crippen molar-refractivity contribution in [3.63, 3.8) is 0 Å². The third kappa shape index (κ3) is 3.93. The summed E-state index contributed by atoms with van der Waals surface area (Å²) in [6, 6.07) is 12.2. The largest absolute Gasteiger partial charge is 0.393 e. The SMILES string of the molecule is O=C(Cn1ccc(C2CC2)n1)N1CC[C@H](O)[C@H](Cc2ccccc2)C1. The fraction of sp³-hybridized carbons (Fsp3) is 0.500. The van der Waals surface area contributed by atoms with E-state index < -0.39 is 0 Å². The summed E-state index contributed by atoms with van der Waals surface area (Å²) in [5.74, 6) is 0.798. The molecule has 1 aliphatic heterocycles. The van der Waals surface area contributed by atoms with E-state index in [1.807, 2.05) is 35.4 Å². The Morgan fingerprint density at radius 1 is 1.16 bits per heavy atom. The number of piperidine rings is 1. The zero-order chi connectivity index (χ0) is 17.2. The highest BCUT2D eigenvalue weighted by atomic mass is 16.3. The van der Waals surface area contributed by atoms with E-state index >= 15 is 0 Å². The molecule has 1 amide bonds. The van der Waals surface area contributed by atoms with Crippen LogP contribution in [0.5, 0.6) is 0 Å². The van der Waals surface area contributed by atoms with Gasteiger partial charge in [0, 0.05) is 31.1 Å². The lowest BCUT2D eigenvalue weighted by Gasteiger charge is -2.36. The van der Waals surface area contributed by atoms with Crippen LogP contribution in [0.2, 0.25) is 0 Å². The van der Waals surface area contributed by atoms with Gasteiger partial charge in [-0.3, -0.25) is 9.48 Å². The molecule has 0 spiro atoms. The maximum Gasteiger partial charge on any atom is 0.244 e. The van der Waals surface area contributed by atoms with Crippen LogP contribution >= 0.6 is 0 Å². The molecule has 1 saturated carbocycles. The molecule has 2 aliphatic rings. The number of carbonyl (C=O) groups excluding carboxylic acids is 1. The number of nitrogens with zero attached hydrogens (tertiary/aromatic N) is 3. The van der Waals surface area contributed by atoms with Crippen LogP contribution in [0.3, 0.4) is 0 Å². The third-order valence-electron chi connectivity index (χ3n) is 5.34. The minimum atomic E-state index is -0.338. The Bertz CT molecular complexity index is 724. The molecule has 1 aromatic heterocycles. The van der Waals surface area contributed by atoms with Gasteiger partial charge in [0.25, 0.3) is 0 Å². The van der Waals surface area contributed by atoms with Crippen molar-refractivity contribution >= 4 is 5.91 Å². The van der Waals surface area contributed by atoms with Gasteiger partial charge in [-0.05, 0) is 37.3 Å². The lowest BCUT2D eigenvalue weighted by atomic mass is 9.88. The molecule has 4 rings (SSSR count). The van der Waals surface area contributed by atoms with E-state index in [1.54, 1.807) is 4.68 Å². The average molecular weight is 339 g/mol. The summed E-state index contributed by atoms with van der Waals surface area (Å²) in [6.07, 6.45) is 5.46. The first-order valence-corrected chi connectivity index (χ1v) is 9.22. The molecule has 0 bridgehead atoms. The fourth-order valence-electron chi connectivity index (χ4n) is 3.66. The van der Waals surface area contributed by atoms with E-state index in [9.17, 15) is 9.90 Å². The molecular formula is C20H25N3O2. The van der Waals surface area contributed by atoms with Crippen LogP contribution in [0.25, 0.3) is 0 Å². The molecule has 5 heteroatoms. The number of hydrogen-bond acceptors (Lipinski definition) is 3. The first kappa shape index (κ1) is 16.3. The molecule has 0 radical (unpaired) electrons. The second-order valence-electron chi connectivity index (χ2n) is 7.36. The summed E-state index contributed by atoms with van der Waals surface area (Å²) in [5.41, 5.74) is 2.32. The summed E-state index contributed by atoms with van der Waals surface area (Å²) in [7, 11) is 0. The smallest absolute Gasteiger partial charge is 0.244 e. The Labute approximate surface area is 148 Å². The van der Waals surface area contributed by atoms with Gasteiger partial charge >= 0.3 is 0 Å². The quantitative estimate of drug-likeness (QED) is 0.909. The van der Waals surface area contributed by atoms with Gasteiger partial charge in [-0.1, -0.05) is 30.3 Å². The summed E-state index contributed by atoms with van der Waals surface area (Å²) in [4.78, 5) is 14.5. The van der Waals surface area contributed by atoms with Gasteiger partial charge in [0.1, 0.15) is 6.54 Å². The van der Waals surface area contributed by atoms with Crippen LogP contribution in [0.15, 0.2) is 42.6 Å². The lowest BCUT2D eigenvalue weighted by Crippen LogP contribution is -2.47. The molecule has 1 aliphatic carbocycles. The van der Waals surface area contributed by atoms with E-state index in [0.717, 1.165) is 12.1 Å². The number of carbonyl (C=O) groups is 1. The zero-order valence-corrected chi connectivity index (χ0v) is 14.4. The second kappa shape index (κ2) is 7.00. The minimum absolute atomic E-state index is 0.0930. The van der Waals surface area contributed by atoms with Crippen molar-refractivity contribution in [1.29, 1.82) is 0 Å². The monoisotopic (exact) mass is 339 g/mol. The van der Waals surface area contributed by atoms with Crippen molar-refractivity contribution in [1.82, 2.24) is 14.7 Å². The maximum atomic E-state index is 12.7. The van der Waals surface area contributed by atoms with Crippen LogP contribution in [0.1, 0.15) is 36.4 Å². The first-order chi connectivity index (χ1) is 12.2. The van der Waals surface area contributed by atoms with E-state index in [0.29, 0.717) is 32.0 Å². The summed E-state index contributed by atoms with van der Waals surface area (Å²) in [5, 5.41) is 14.9. The number of aliphatic hydroxyl groups excluding tert-OH is 1. The molecule has 1 saturated heterocycles. The Kier molecular flexibility index (Phi) is 4.57. The Morgan fingerprint density at radius 2 is 1.96 bits per heavy atom. The van der Waals surface area contributed by atoms with E-state index in [1.165, 1.54) is 18.4 Å². The number of likely N-dealkylation sites (tertiary alicyclic amines) is 1. The number of aliphatic hydroxyl groups is 1. The summed E-state index contributed by atoms with van der Waals surface area (Å²) >= 11 is 0. The highest BCUT2D eigenvalue weighted by Crippen LogP contribution is 2.38. The van der Waals surface area contributed by atoms with Crippen LogP contribution in [-0.2, 0) is 17.8 Å². The Morgan fingerprint density at radius 3 is 2.72 bits per heavy atom. The number of amides is 1. The van der Waals surface area contributed by atoms with E-state index in [2.05, 4.69) is 17.2 Å². The van der Waals surface area contributed by atoms with Gasteiger partial charge in [-0.25, -0.2) is 0 Å². The molecule has 2 aromatic rings. The second-order valence-corrected chi connectivity index (χ2v) is 7.36. The van der Waals surface area contributed by atoms with Crippen molar-refractivity contribution < 1.29 is 9.90 Å². The van der Waals surface area contributed by atoms with Crippen LogP contribution < -0.4 is 0 Å². The molecule has 25 heavy (non-hydrogen) atoms. The highest BCUT2D eigenvalue weighted by molar-refractivity contribution is 5.76. The predicted molar refractivity (Wildman–Crippen MR) is 95.0 cm³/mol. The maximum absolute atomic E-state index is 12.7. The number of aromatic nitrogens is 2. The van der Waals surface area contributed by atoms with Crippen molar-refractivity contribution in [2.75, 3.05) is 13.1 Å². The van der Waals surface area contributed by atoms with Crippen molar-refractivity contribution in [2.45, 2.75) is 44.2 Å². The first-order valence-electron chi connectivity index (χ1n) is 9.22. The molecule has 2 fully saturated rings. The molecular weight excluding hydrogens is 314 g/mol. The van der Waals surface area contributed by atoms with Gasteiger partial charge in [-0.15, -0.1) is 0 Å². The van der Waals surface area contributed by atoms with E-state index in [4.69, 9.17) is 0 Å². The average Bonchev–Trinajstić information content (AvgIpc) is 3.37. The van der Waals surface area contributed by atoms with Crippen molar-refractivity contribution in [3.8, 4) is 0 Å². The molecule has 2 atom stereocenters. The normalized spacial score (nSPS) is 23.6. The van der Waals surface area contributed by atoms with Gasteiger partial charge < -0.3 is 10.0 Å². The topological polar surface area (TPSA) is 58.4 Å². The zero-order valence-electron chi connectivity index (χ0n) is 14.4. The van der Waals surface area contributed by atoms with Crippen LogP contribution in [0, 0.1) is 5.92 Å². The minimum Gasteiger partial charge on any atom is -0.393 e. The molecule has 132 valence electrons. The van der Waals surface area contributed by atoms with Crippen LogP contribution in [0.4, 0.5) is 0 Å². The number of rotatable bonds is 5. The van der Waals surface area contributed by atoms with Gasteiger partial charge in [0.05, 0.1) is 11.8 Å². The number of benzene rings is 1. The molecule has 5 nitrogen and oxygen atoms in total. The molecule has 1 aromatic carbocycles.